The van der Waals surface area contributed by atoms with Crippen LogP contribution in [0.1, 0.15) is 25.3 Å². The van der Waals surface area contributed by atoms with E-state index in [1.807, 2.05) is 10.6 Å². The largest absolute Gasteiger partial charge is 0.339 e. The second kappa shape index (κ2) is 6.09. The number of hydrogen-bond donors (Lipinski definition) is 1. The van der Waals surface area contributed by atoms with Crippen LogP contribution in [0.2, 0.25) is 0 Å². The zero-order valence-electron chi connectivity index (χ0n) is 13.6. The molecule has 5 heteroatoms. The molecule has 1 aromatic carbocycles. The van der Waals surface area contributed by atoms with Crippen molar-refractivity contribution in [3.8, 4) is 11.3 Å². The van der Waals surface area contributed by atoms with E-state index in [9.17, 15) is 0 Å². The van der Waals surface area contributed by atoms with Crippen molar-refractivity contribution in [2.75, 3.05) is 5.32 Å². The lowest BCUT2D eigenvalue weighted by Gasteiger charge is -2.10. The topological polar surface area (TPSA) is 42.2 Å². The van der Waals surface area contributed by atoms with Crippen LogP contribution in [0.3, 0.4) is 0 Å². The molecule has 0 radical (unpaired) electrons. The smallest absolute Gasteiger partial charge is 0.157 e. The summed E-state index contributed by atoms with van der Waals surface area (Å²) in [7, 11) is 0. The third-order valence-corrected chi connectivity index (χ3v) is 4.75. The Morgan fingerprint density at radius 3 is 2.67 bits per heavy atom. The summed E-state index contributed by atoms with van der Waals surface area (Å²) in [5, 5.41) is 7.71. The fraction of sp³-hybridized carbons (Fsp3) is 0.158. The summed E-state index contributed by atoms with van der Waals surface area (Å²) in [4.78, 5) is 8.92. The highest BCUT2D eigenvalue weighted by Gasteiger charge is 2.14. The van der Waals surface area contributed by atoms with Gasteiger partial charge in [-0.2, -0.15) is 11.3 Å². The first-order valence-corrected chi connectivity index (χ1v) is 8.88. The van der Waals surface area contributed by atoms with Crippen molar-refractivity contribution in [2.45, 2.75) is 19.8 Å². The van der Waals surface area contributed by atoms with Crippen LogP contribution < -0.4 is 5.32 Å². The van der Waals surface area contributed by atoms with Crippen LogP contribution in [0.25, 0.3) is 16.9 Å². The maximum Gasteiger partial charge on any atom is 0.157 e. The van der Waals surface area contributed by atoms with Crippen molar-refractivity contribution in [3.63, 3.8) is 0 Å². The van der Waals surface area contributed by atoms with Crippen LogP contribution in [0.4, 0.5) is 11.5 Å². The number of hydrogen-bond acceptors (Lipinski definition) is 4. The van der Waals surface area contributed by atoms with Crippen molar-refractivity contribution in [1.29, 1.82) is 0 Å². The quantitative estimate of drug-likeness (QED) is 0.549. The summed E-state index contributed by atoms with van der Waals surface area (Å²) in [5.74, 6) is 1.49. The average molecular weight is 334 g/mol. The molecule has 0 fully saturated rings. The molecular weight excluding hydrogens is 316 g/mol. The van der Waals surface area contributed by atoms with Gasteiger partial charge in [-0.15, -0.1) is 0 Å². The van der Waals surface area contributed by atoms with E-state index in [-0.39, 0.29) is 0 Å². The second-order valence-electron chi connectivity index (χ2n) is 6.03. The van der Waals surface area contributed by atoms with Crippen molar-refractivity contribution >= 4 is 28.5 Å². The number of thiophene rings is 1. The lowest BCUT2D eigenvalue weighted by atomic mass is 10.0. The van der Waals surface area contributed by atoms with E-state index in [1.54, 1.807) is 23.7 Å². The molecule has 4 aromatic rings. The molecule has 0 aliphatic rings. The van der Waals surface area contributed by atoms with E-state index >= 15 is 0 Å². The first-order valence-electron chi connectivity index (χ1n) is 7.94. The first-order chi connectivity index (χ1) is 11.7. The minimum absolute atomic E-state index is 0.530. The van der Waals surface area contributed by atoms with Crippen LogP contribution in [0.5, 0.6) is 0 Å². The van der Waals surface area contributed by atoms with Gasteiger partial charge >= 0.3 is 0 Å². The molecule has 3 heterocycles. The molecule has 4 rings (SSSR count). The highest BCUT2D eigenvalue weighted by molar-refractivity contribution is 7.08. The van der Waals surface area contributed by atoms with Crippen molar-refractivity contribution in [1.82, 2.24) is 14.4 Å². The molecule has 0 bridgehead atoms. The molecule has 0 saturated heterocycles. The molecule has 4 nitrogen and oxygen atoms in total. The molecule has 0 aliphatic carbocycles. The Morgan fingerprint density at radius 2 is 1.96 bits per heavy atom. The van der Waals surface area contributed by atoms with Crippen molar-refractivity contribution in [3.05, 3.63) is 65.2 Å². The van der Waals surface area contributed by atoms with E-state index < -0.39 is 0 Å². The number of aromatic nitrogens is 3. The molecule has 3 aromatic heterocycles. The number of anilines is 2. The molecule has 0 unspecified atom stereocenters. The maximum absolute atomic E-state index is 4.74. The number of imidazole rings is 1. The minimum Gasteiger partial charge on any atom is -0.339 e. The number of nitrogens with one attached hydrogen (secondary N) is 1. The number of fused-ring (bicyclic) bond motifs is 1. The molecule has 120 valence electrons. The normalized spacial score (nSPS) is 11.3. The maximum atomic E-state index is 4.74. The van der Waals surface area contributed by atoms with Crippen molar-refractivity contribution in [2.24, 2.45) is 0 Å². The molecule has 0 amide bonds. The van der Waals surface area contributed by atoms with Gasteiger partial charge in [0.15, 0.2) is 5.65 Å². The molecule has 0 spiro atoms. The molecular formula is C19H18N4S. The Bertz CT molecular complexity index is 953. The highest BCUT2D eigenvalue weighted by Crippen LogP contribution is 2.32. The number of benzene rings is 1. The van der Waals surface area contributed by atoms with Gasteiger partial charge in [-0.1, -0.05) is 26.0 Å². The summed E-state index contributed by atoms with van der Waals surface area (Å²) in [5.41, 5.74) is 5.28. The van der Waals surface area contributed by atoms with Crippen LogP contribution in [-0.4, -0.2) is 14.4 Å². The van der Waals surface area contributed by atoms with E-state index in [4.69, 9.17) is 4.98 Å². The molecule has 1 N–H and O–H groups in total. The summed E-state index contributed by atoms with van der Waals surface area (Å²) in [6.07, 6.45) is 5.49. The fourth-order valence-electron chi connectivity index (χ4n) is 2.71. The van der Waals surface area contributed by atoms with E-state index in [0.717, 1.165) is 28.4 Å². The predicted octanol–water partition coefficient (Wildman–Crippen LogP) is 5.32. The molecule has 0 saturated carbocycles. The first kappa shape index (κ1) is 14.9. The third-order valence-electron chi connectivity index (χ3n) is 4.06. The predicted molar refractivity (Wildman–Crippen MR) is 100 cm³/mol. The van der Waals surface area contributed by atoms with Crippen LogP contribution in [0.15, 0.2) is 59.7 Å². The van der Waals surface area contributed by atoms with Gasteiger partial charge < -0.3 is 5.32 Å². The van der Waals surface area contributed by atoms with E-state index in [2.05, 4.69) is 65.2 Å². The van der Waals surface area contributed by atoms with Gasteiger partial charge in [-0.25, -0.2) is 4.98 Å². The van der Waals surface area contributed by atoms with Gasteiger partial charge in [0, 0.05) is 29.0 Å². The second-order valence-corrected chi connectivity index (χ2v) is 6.81. The lowest BCUT2D eigenvalue weighted by molar-refractivity contribution is 0.867. The number of nitrogens with zero attached hydrogens (tertiary/aromatic N) is 3. The standard InChI is InChI=1S/C19H18N4S/c1-13(2)14-3-5-16(6-4-14)21-19-18(15-7-10-24-12-15)22-17-11-20-8-9-23(17)19/h3-13,21H,1-2H3. The van der Waals surface area contributed by atoms with Gasteiger partial charge in [-0.3, -0.25) is 9.38 Å². The third kappa shape index (κ3) is 2.67. The zero-order chi connectivity index (χ0) is 16.5. The zero-order valence-corrected chi connectivity index (χ0v) is 14.4. The highest BCUT2D eigenvalue weighted by atomic mass is 32.1. The summed E-state index contributed by atoms with van der Waals surface area (Å²) < 4.78 is 2.04. The van der Waals surface area contributed by atoms with E-state index in [1.165, 1.54) is 5.56 Å². The summed E-state index contributed by atoms with van der Waals surface area (Å²) >= 11 is 1.67. The monoisotopic (exact) mass is 334 g/mol. The Kier molecular flexibility index (Phi) is 3.78. The Balaban J connectivity index is 1.79. The van der Waals surface area contributed by atoms with E-state index in [0.29, 0.717) is 5.92 Å². The summed E-state index contributed by atoms with van der Waals surface area (Å²) in [6, 6.07) is 10.7. The Labute approximate surface area is 144 Å². The van der Waals surface area contributed by atoms with Gasteiger partial charge in [-0.05, 0) is 35.1 Å². The average Bonchev–Trinajstić information content (AvgIpc) is 3.23. The molecule has 24 heavy (non-hydrogen) atoms. The van der Waals surface area contributed by atoms with Crippen LogP contribution in [0, 0.1) is 0 Å². The SMILES string of the molecule is CC(C)c1ccc(Nc2c(-c3ccsc3)nc3cnccn23)cc1. The Morgan fingerprint density at radius 1 is 1.12 bits per heavy atom. The van der Waals surface area contributed by atoms with Gasteiger partial charge in [0.1, 0.15) is 11.5 Å². The molecule has 0 aliphatic heterocycles. The Hall–Kier alpha value is -2.66. The van der Waals surface area contributed by atoms with Gasteiger partial charge in [0.05, 0.1) is 6.20 Å². The van der Waals surface area contributed by atoms with Crippen molar-refractivity contribution < 1.29 is 0 Å². The van der Waals surface area contributed by atoms with Gasteiger partial charge in [0.2, 0.25) is 0 Å². The van der Waals surface area contributed by atoms with Crippen LogP contribution >= 0.6 is 11.3 Å². The number of rotatable bonds is 4. The fourth-order valence-corrected chi connectivity index (χ4v) is 3.36. The lowest BCUT2D eigenvalue weighted by Crippen LogP contribution is -1.97. The van der Waals surface area contributed by atoms with Gasteiger partial charge in [0.25, 0.3) is 0 Å². The molecule has 0 atom stereocenters. The summed E-state index contributed by atoms with van der Waals surface area (Å²) in [6.45, 7) is 4.41. The minimum atomic E-state index is 0.530. The van der Waals surface area contributed by atoms with Crippen LogP contribution in [-0.2, 0) is 0 Å².